The van der Waals surface area contributed by atoms with E-state index < -0.39 is 0 Å². The molecule has 5 rings (SSSR count). The lowest BCUT2D eigenvalue weighted by Crippen LogP contribution is -2.58. The summed E-state index contributed by atoms with van der Waals surface area (Å²) in [6.07, 6.45) is 5.42. The van der Waals surface area contributed by atoms with Crippen molar-refractivity contribution in [1.82, 2.24) is 20.1 Å². The number of amides is 2. The highest BCUT2D eigenvalue weighted by molar-refractivity contribution is 6.04. The van der Waals surface area contributed by atoms with E-state index in [0.29, 0.717) is 60.4 Å². The van der Waals surface area contributed by atoms with E-state index in [9.17, 15) is 9.59 Å². The molecule has 37 heavy (non-hydrogen) atoms. The van der Waals surface area contributed by atoms with Gasteiger partial charge in [-0.15, -0.1) is 0 Å². The van der Waals surface area contributed by atoms with Crippen molar-refractivity contribution in [2.75, 3.05) is 31.6 Å². The third kappa shape index (κ3) is 5.28. The Morgan fingerprint density at radius 2 is 1.81 bits per heavy atom. The number of hydrogen-bond acceptors (Lipinski definition) is 7. The third-order valence-corrected chi connectivity index (χ3v) is 8.27. The molecule has 0 saturated carbocycles. The van der Waals surface area contributed by atoms with E-state index in [1.807, 2.05) is 32.0 Å². The summed E-state index contributed by atoms with van der Waals surface area (Å²) >= 11 is 0. The van der Waals surface area contributed by atoms with Gasteiger partial charge in [-0.3, -0.25) is 4.79 Å². The molecule has 3 saturated heterocycles. The first-order valence-electron chi connectivity index (χ1n) is 13.8. The number of hydrogen-bond donors (Lipinski definition) is 1. The Labute approximate surface area is 219 Å². The van der Waals surface area contributed by atoms with E-state index >= 15 is 0 Å². The van der Waals surface area contributed by atoms with Crippen LogP contribution in [0, 0.1) is 5.92 Å². The molecule has 202 valence electrons. The van der Waals surface area contributed by atoms with Gasteiger partial charge in [0.2, 0.25) is 0 Å². The van der Waals surface area contributed by atoms with Gasteiger partial charge in [-0.2, -0.15) is 4.98 Å². The minimum absolute atomic E-state index is 0.0145. The van der Waals surface area contributed by atoms with Crippen molar-refractivity contribution in [1.29, 1.82) is 0 Å². The first-order valence-corrected chi connectivity index (χ1v) is 13.8. The predicted octanol–water partition coefficient (Wildman–Crippen LogP) is 4.26. The number of rotatable bonds is 5. The molecule has 2 amide bonds. The molecule has 9 nitrogen and oxygen atoms in total. The van der Waals surface area contributed by atoms with E-state index in [1.165, 1.54) is 19.3 Å². The van der Waals surface area contributed by atoms with Crippen LogP contribution in [-0.4, -0.2) is 83.7 Å². The highest BCUT2D eigenvalue weighted by Gasteiger charge is 2.38. The zero-order valence-corrected chi connectivity index (χ0v) is 22.8. The number of oxazole rings is 1. The maximum absolute atomic E-state index is 13.4. The van der Waals surface area contributed by atoms with Crippen LogP contribution >= 0.6 is 0 Å². The number of ether oxygens (including phenoxy) is 1. The fourth-order valence-corrected chi connectivity index (χ4v) is 6.41. The molecule has 2 unspecified atom stereocenters. The molecule has 4 heterocycles. The lowest BCUT2D eigenvalue weighted by atomic mass is 9.82. The number of para-hydroxylation sites is 1. The molecule has 3 aliphatic heterocycles. The molecular formula is C28H41N5O4. The van der Waals surface area contributed by atoms with Gasteiger partial charge in [0.15, 0.2) is 5.58 Å². The van der Waals surface area contributed by atoms with Crippen molar-refractivity contribution >= 4 is 29.1 Å². The molecule has 0 spiro atoms. The van der Waals surface area contributed by atoms with Gasteiger partial charge >= 0.3 is 6.09 Å². The van der Waals surface area contributed by atoms with Crippen LogP contribution in [0.1, 0.15) is 70.2 Å². The van der Waals surface area contributed by atoms with E-state index in [4.69, 9.17) is 14.1 Å². The Kier molecular flexibility index (Phi) is 7.34. The van der Waals surface area contributed by atoms with Crippen molar-refractivity contribution in [2.24, 2.45) is 5.92 Å². The van der Waals surface area contributed by atoms with Crippen LogP contribution in [0.4, 0.5) is 10.8 Å². The highest BCUT2D eigenvalue weighted by atomic mass is 16.6. The Hall–Kier alpha value is -2.81. The number of carbonyl (C=O) groups excluding carboxylic acids is 2. The Morgan fingerprint density at radius 1 is 1.14 bits per heavy atom. The summed E-state index contributed by atoms with van der Waals surface area (Å²) in [6.45, 7) is 9.61. The first kappa shape index (κ1) is 25.8. The number of benzene rings is 1. The molecule has 2 aromatic rings. The average molecular weight is 512 g/mol. The molecule has 1 aromatic carbocycles. The summed E-state index contributed by atoms with van der Waals surface area (Å²) in [6, 6.07) is 7.29. The zero-order chi connectivity index (χ0) is 26.3. The second kappa shape index (κ2) is 10.5. The summed E-state index contributed by atoms with van der Waals surface area (Å²) in [7, 11) is 2.22. The van der Waals surface area contributed by atoms with Crippen molar-refractivity contribution < 1.29 is 18.7 Å². The van der Waals surface area contributed by atoms with Gasteiger partial charge in [0, 0.05) is 43.3 Å². The Balaban J connectivity index is 1.30. The van der Waals surface area contributed by atoms with E-state index in [0.717, 1.165) is 12.8 Å². The van der Waals surface area contributed by atoms with Crippen LogP contribution in [0.25, 0.3) is 11.1 Å². The lowest BCUT2D eigenvalue weighted by Gasteiger charge is -2.47. The molecule has 3 fully saturated rings. The van der Waals surface area contributed by atoms with Crippen molar-refractivity contribution in [2.45, 2.75) is 90.0 Å². The second-order valence-corrected chi connectivity index (χ2v) is 11.7. The molecule has 1 N–H and O–H groups in total. The third-order valence-electron chi connectivity index (χ3n) is 8.27. The summed E-state index contributed by atoms with van der Waals surface area (Å²) in [5.74, 6) is 0.210. The number of piperazine rings is 1. The summed E-state index contributed by atoms with van der Waals surface area (Å²) < 4.78 is 11.6. The molecule has 3 aliphatic rings. The van der Waals surface area contributed by atoms with Crippen LogP contribution in [0.5, 0.6) is 0 Å². The number of fused-ring (bicyclic) bond motifs is 3. The average Bonchev–Trinajstić information content (AvgIpc) is 3.26. The SMILES string of the molecule is CC(C)COC(=O)N1C[C@H](C)N(c2nc3c(C(=O)NC4CC5CCCC(C4)N5C)cccc3o2)[C@@H](C)C1. The van der Waals surface area contributed by atoms with Gasteiger partial charge in [0.05, 0.1) is 12.2 Å². The maximum Gasteiger partial charge on any atom is 0.409 e. The summed E-state index contributed by atoms with van der Waals surface area (Å²) in [5.41, 5.74) is 1.73. The van der Waals surface area contributed by atoms with Crippen LogP contribution in [-0.2, 0) is 4.74 Å². The molecule has 4 atom stereocenters. The smallest absolute Gasteiger partial charge is 0.409 e. The van der Waals surface area contributed by atoms with Crippen LogP contribution in [0.3, 0.4) is 0 Å². The number of nitrogens with zero attached hydrogens (tertiary/aromatic N) is 4. The van der Waals surface area contributed by atoms with E-state index in [2.05, 4.69) is 36.0 Å². The van der Waals surface area contributed by atoms with Crippen molar-refractivity contribution in [3.8, 4) is 0 Å². The largest absolute Gasteiger partial charge is 0.449 e. The van der Waals surface area contributed by atoms with E-state index in [-0.39, 0.29) is 30.1 Å². The van der Waals surface area contributed by atoms with Gasteiger partial charge in [-0.25, -0.2) is 4.79 Å². The maximum atomic E-state index is 13.4. The molecule has 2 bridgehead atoms. The fraction of sp³-hybridized carbons (Fsp3) is 0.679. The fourth-order valence-electron chi connectivity index (χ4n) is 6.41. The minimum atomic E-state index is -0.276. The summed E-state index contributed by atoms with van der Waals surface area (Å²) in [4.78, 5) is 37.1. The predicted molar refractivity (Wildman–Crippen MR) is 143 cm³/mol. The topological polar surface area (TPSA) is 91.1 Å². The number of anilines is 1. The van der Waals surface area contributed by atoms with E-state index in [1.54, 1.807) is 4.90 Å². The zero-order valence-electron chi connectivity index (χ0n) is 22.8. The van der Waals surface area contributed by atoms with Gasteiger partial charge in [0.25, 0.3) is 11.9 Å². The second-order valence-electron chi connectivity index (χ2n) is 11.7. The van der Waals surface area contributed by atoms with Gasteiger partial charge in [-0.05, 0) is 64.6 Å². The number of piperidine rings is 2. The number of carbonyl (C=O) groups is 2. The van der Waals surface area contributed by atoms with Crippen LogP contribution in [0.2, 0.25) is 0 Å². The summed E-state index contributed by atoms with van der Waals surface area (Å²) in [5, 5.41) is 3.30. The standard InChI is InChI=1S/C28H41N5O4/c1-17(2)16-36-28(35)32-14-18(3)33(19(4)15-32)27-30-25-23(10-7-11-24(25)37-27)26(34)29-20-12-21-8-6-9-22(13-20)31(21)5/h7,10-11,17-22H,6,8-9,12-16H2,1-5H3,(H,29,34)/t18-,19-,20?,21?,22?/m0/s1. The highest BCUT2D eigenvalue weighted by Crippen LogP contribution is 2.33. The Morgan fingerprint density at radius 3 is 2.46 bits per heavy atom. The monoisotopic (exact) mass is 511 g/mol. The molecular weight excluding hydrogens is 470 g/mol. The first-order chi connectivity index (χ1) is 17.7. The van der Waals surface area contributed by atoms with Gasteiger partial charge in [-0.1, -0.05) is 26.3 Å². The minimum Gasteiger partial charge on any atom is -0.449 e. The van der Waals surface area contributed by atoms with Crippen LogP contribution in [0.15, 0.2) is 22.6 Å². The normalized spacial score (nSPS) is 28.5. The van der Waals surface area contributed by atoms with Crippen molar-refractivity contribution in [3.05, 3.63) is 23.8 Å². The van der Waals surface area contributed by atoms with Gasteiger partial charge < -0.3 is 29.2 Å². The van der Waals surface area contributed by atoms with Gasteiger partial charge in [0.1, 0.15) is 5.52 Å². The number of nitrogens with one attached hydrogen (secondary N) is 1. The molecule has 9 heteroatoms. The van der Waals surface area contributed by atoms with Crippen molar-refractivity contribution in [3.63, 3.8) is 0 Å². The molecule has 1 aromatic heterocycles. The lowest BCUT2D eigenvalue weighted by molar-refractivity contribution is 0.0463. The number of aromatic nitrogens is 1. The quantitative estimate of drug-likeness (QED) is 0.641. The Bertz CT molecular complexity index is 1110. The molecule has 0 radical (unpaired) electrons. The van der Waals surface area contributed by atoms with Crippen LogP contribution < -0.4 is 10.2 Å². The molecule has 0 aliphatic carbocycles.